The molecule has 0 fully saturated rings. The van der Waals surface area contributed by atoms with Crippen molar-refractivity contribution < 1.29 is 19.1 Å². The number of ether oxygens (including phenoxy) is 2. The van der Waals surface area contributed by atoms with E-state index in [2.05, 4.69) is 54.2 Å². The summed E-state index contributed by atoms with van der Waals surface area (Å²) >= 11 is 11.0. The predicted octanol–water partition coefficient (Wildman–Crippen LogP) is 8.41. The van der Waals surface area contributed by atoms with Crippen molar-refractivity contribution in [1.82, 2.24) is 0 Å². The number of anilines is 1. The maximum absolute atomic E-state index is 12.8. The van der Waals surface area contributed by atoms with E-state index in [-0.39, 0.29) is 24.3 Å². The molecule has 192 valence electrons. The molecule has 0 saturated heterocycles. The summed E-state index contributed by atoms with van der Waals surface area (Å²) in [5, 5.41) is 4.01. The standard InChI is InChI=1S/C28H31BrClNO4S/c1-6-34-27(33)25-24(18-9-12-20(30)13-10-18)17(2)36-26(25)31-23(32)8-7-15-35-22-14-11-19(16-21(22)29)28(3,4)5/h9-14,16H,6-8,15H2,1-5H3,(H,31,32). The Kier molecular flexibility index (Phi) is 9.61. The summed E-state index contributed by atoms with van der Waals surface area (Å²) in [6, 6.07) is 13.3. The molecular formula is C28H31BrClNO4S. The first-order valence-corrected chi connectivity index (χ1v) is 13.8. The van der Waals surface area contributed by atoms with Crippen molar-refractivity contribution >= 4 is 55.7 Å². The van der Waals surface area contributed by atoms with Crippen molar-refractivity contribution in [2.75, 3.05) is 18.5 Å². The van der Waals surface area contributed by atoms with Crippen LogP contribution in [0.25, 0.3) is 11.1 Å². The quantitative estimate of drug-likeness (QED) is 0.200. The van der Waals surface area contributed by atoms with Gasteiger partial charge in [-0.1, -0.05) is 50.6 Å². The Morgan fingerprint density at radius 1 is 1.11 bits per heavy atom. The molecule has 2 aromatic carbocycles. The fraction of sp³-hybridized carbons (Fsp3) is 0.357. The smallest absolute Gasteiger partial charge is 0.341 e. The fourth-order valence-electron chi connectivity index (χ4n) is 3.68. The van der Waals surface area contributed by atoms with Crippen LogP contribution < -0.4 is 10.1 Å². The molecule has 1 N–H and O–H groups in total. The molecule has 0 aliphatic heterocycles. The van der Waals surface area contributed by atoms with E-state index >= 15 is 0 Å². The van der Waals surface area contributed by atoms with Crippen LogP contribution in [-0.2, 0) is 14.9 Å². The Balaban J connectivity index is 1.66. The number of carbonyl (C=O) groups is 2. The van der Waals surface area contributed by atoms with Crippen molar-refractivity contribution in [2.45, 2.75) is 52.9 Å². The molecule has 5 nitrogen and oxygen atoms in total. The molecule has 36 heavy (non-hydrogen) atoms. The molecule has 0 spiro atoms. The predicted molar refractivity (Wildman–Crippen MR) is 152 cm³/mol. The number of hydrogen-bond donors (Lipinski definition) is 1. The normalized spacial score (nSPS) is 11.3. The van der Waals surface area contributed by atoms with Crippen LogP contribution in [0.3, 0.4) is 0 Å². The summed E-state index contributed by atoms with van der Waals surface area (Å²) in [6.45, 7) is 10.8. The third kappa shape index (κ3) is 7.11. The third-order valence-electron chi connectivity index (χ3n) is 5.55. The zero-order valence-electron chi connectivity index (χ0n) is 21.2. The van der Waals surface area contributed by atoms with Crippen LogP contribution in [-0.4, -0.2) is 25.1 Å². The van der Waals surface area contributed by atoms with E-state index in [4.69, 9.17) is 21.1 Å². The van der Waals surface area contributed by atoms with E-state index in [1.54, 1.807) is 19.1 Å². The molecule has 0 atom stereocenters. The number of rotatable bonds is 9. The molecule has 1 aromatic heterocycles. The minimum absolute atomic E-state index is 0.0507. The first-order valence-electron chi connectivity index (χ1n) is 11.8. The summed E-state index contributed by atoms with van der Waals surface area (Å²) in [5.41, 5.74) is 3.22. The average Bonchev–Trinajstić information content (AvgIpc) is 3.13. The van der Waals surface area contributed by atoms with Crippen molar-refractivity contribution in [2.24, 2.45) is 0 Å². The SMILES string of the molecule is CCOC(=O)c1c(NC(=O)CCCOc2ccc(C(C)(C)C)cc2Br)sc(C)c1-c1ccc(Cl)cc1. The number of esters is 1. The molecule has 3 aromatic rings. The van der Waals surface area contributed by atoms with Crippen molar-refractivity contribution in [1.29, 1.82) is 0 Å². The van der Waals surface area contributed by atoms with E-state index in [0.717, 1.165) is 26.2 Å². The number of halogens is 2. The van der Waals surface area contributed by atoms with E-state index in [1.807, 2.05) is 25.1 Å². The summed E-state index contributed by atoms with van der Waals surface area (Å²) in [5.74, 6) is 0.0960. The Labute approximate surface area is 230 Å². The van der Waals surface area contributed by atoms with Crippen LogP contribution in [0.4, 0.5) is 5.00 Å². The van der Waals surface area contributed by atoms with Crippen LogP contribution in [0, 0.1) is 6.92 Å². The molecule has 0 bridgehead atoms. The maximum Gasteiger partial charge on any atom is 0.341 e. The lowest BCUT2D eigenvalue weighted by atomic mass is 9.87. The van der Waals surface area contributed by atoms with Gasteiger partial charge in [0.25, 0.3) is 0 Å². The molecule has 8 heteroatoms. The van der Waals surface area contributed by atoms with Gasteiger partial charge in [-0.2, -0.15) is 0 Å². The van der Waals surface area contributed by atoms with Gasteiger partial charge in [0.15, 0.2) is 0 Å². The van der Waals surface area contributed by atoms with Gasteiger partial charge in [0.2, 0.25) is 5.91 Å². The Bertz CT molecular complexity index is 1230. The average molecular weight is 593 g/mol. The van der Waals surface area contributed by atoms with Gasteiger partial charge in [-0.15, -0.1) is 11.3 Å². The van der Waals surface area contributed by atoms with Gasteiger partial charge >= 0.3 is 5.97 Å². The number of hydrogen-bond acceptors (Lipinski definition) is 5. The zero-order valence-corrected chi connectivity index (χ0v) is 24.3. The molecule has 1 heterocycles. The summed E-state index contributed by atoms with van der Waals surface area (Å²) < 4.78 is 12.1. The Hall–Kier alpha value is -2.35. The van der Waals surface area contributed by atoms with Crippen molar-refractivity contribution in [3.8, 4) is 16.9 Å². The van der Waals surface area contributed by atoms with Gasteiger partial charge in [0.1, 0.15) is 16.3 Å². The molecule has 0 saturated carbocycles. The molecular weight excluding hydrogens is 562 g/mol. The minimum atomic E-state index is -0.464. The number of benzene rings is 2. The van der Waals surface area contributed by atoms with Gasteiger partial charge in [-0.25, -0.2) is 4.79 Å². The molecule has 0 aliphatic rings. The van der Waals surface area contributed by atoms with Crippen LogP contribution in [0.2, 0.25) is 5.02 Å². The lowest BCUT2D eigenvalue weighted by molar-refractivity contribution is -0.116. The molecule has 0 aliphatic carbocycles. The van der Waals surface area contributed by atoms with E-state index in [0.29, 0.717) is 28.6 Å². The first-order chi connectivity index (χ1) is 17.0. The summed E-state index contributed by atoms with van der Waals surface area (Å²) in [4.78, 5) is 26.5. The van der Waals surface area contributed by atoms with Gasteiger partial charge in [-0.05, 0) is 77.0 Å². The Morgan fingerprint density at radius 2 is 1.81 bits per heavy atom. The fourth-order valence-corrected chi connectivity index (χ4v) is 5.38. The molecule has 1 amide bonds. The Morgan fingerprint density at radius 3 is 2.42 bits per heavy atom. The topological polar surface area (TPSA) is 64.6 Å². The van der Waals surface area contributed by atoms with E-state index in [9.17, 15) is 9.59 Å². The van der Waals surface area contributed by atoms with Crippen LogP contribution in [0.1, 0.15) is 61.3 Å². The van der Waals surface area contributed by atoms with Crippen LogP contribution in [0.5, 0.6) is 5.75 Å². The zero-order chi connectivity index (χ0) is 26.5. The second kappa shape index (κ2) is 12.3. The third-order valence-corrected chi connectivity index (χ3v) is 7.45. The van der Waals surface area contributed by atoms with Crippen LogP contribution >= 0.6 is 38.9 Å². The highest BCUT2D eigenvalue weighted by Crippen LogP contribution is 2.41. The lowest BCUT2D eigenvalue weighted by Crippen LogP contribution is -2.15. The number of amides is 1. The lowest BCUT2D eigenvalue weighted by Gasteiger charge is -2.20. The number of thiophene rings is 1. The monoisotopic (exact) mass is 591 g/mol. The van der Waals surface area contributed by atoms with Crippen LogP contribution in [0.15, 0.2) is 46.9 Å². The largest absolute Gasteiger partial charge is 0.492 e. The minimum Gasteiger partial charge on any atom is -0.492 e. The molecule has 0 unspecified atom stereocenters. The van der Waals surface area contributed by atoms with Crippen molar-refractivity contribution in [3.05, 3.63) is 68.0 Å². The second-order valence-corrected chi connectivity index (χ2v) is 11.9. The molecule has 0 radical (unpaired) electrons. The highest BCUT2D eigenvalue weighted by atomic mass is 79.9. The van der Waals surface area contributed by atoms with Gasteiger partial charge in [0, 0.05) is 21.9 Å². The van der Waals surface area contributed by atoms with E-state index in [1.165, 1.54) is 16.9 Å². The number of aryl methyl sites for hydroxylation is 1. The van der Waals surface area contributed by atoms with Crippen molar-refractivity contribution in [3.63, 3.8) is 0 Å². The number of nitrogens with one attached hydrogen (secondary N) is 1. The number of carbonyl (C=O) groups excluding carboxylic acids is 2. The summed E-state index contributed by atoms with van der Waals surface area (Å²) in [6.07, 6.45) is 0.787. The van der Waals surface area contributed by atoms with E-state index < -0.39 is 5.97 Å². The maximum atomic E-state index is 12.8. The second-order valence-electron chi connectivity index (χ2n) is 9.36. The van der Waals surface area contributed by atoms with Gasteiger partial charge < -0.3 is 14.8 Å². The highest BCUT2D eigenvalue weighted by molar-refractivity contribution is 9.10. The first kappa shape index (κ1) is 28.2. The summed E-state index contributed by atoms with van der Waals surface area (Å²) in [7, 11) is 0. The van der Waals surface area contributed by atoms with Gasteiger partial charge in [0.05, 0.1) is 17.7 Å². The van der Waals surface area contributed by atoms with Gasteiger partial charge in [-0.3, -0.25) is 4.79 Å². The highest BCUT2D eigenvalue weighted by Gasteiger charge is 2.25. The molecule has 3 rings (SSSR count).